The van der Waals surface area contributed by atoms with Crippen molar-refractivity contribution in [1.82, 2.24) is 10.3 Å². The average Bonchev–Trinajstić information content (AvgIpc) is 3.22. The zero-order valence-corrected chi connectivity index (χ0v) is 17.4. The molecule has 1 aromatic heterocycles. The second kappa shape index (κ2) is 7.95. The molecular formula is C22H23N3O4S. The molecule has 0 radical (unpaired) electrons. The number of carbonyl (C=O) groups excluding carboxylic acids is 1. The van der Waals surface area contributed by atoms with Crippen molar-refractivity contribution in [2.75, 3.05) is 4.72 Å². The Morgan fingerprint density at radius 3 is 2.57 bits per heavy atom. The van der Waals surface area contributed by atoms with Crippen LogP contribution in [-0.2, 0) is 10.0 Å². The SMILES string of the molecule is Cc1ccccc1NS(=O)(=O)c1ccc2[nH]cc(C(=O)NC3CCCC3)c(=O)c2c1. The number of anilines is 1. The number of carbonyl (C=O) groups is 1. The van der Waals surface area contributed by atoms with Crippen LogP contribution in [0.1, 0.15) is 41.6 Å². The monoisotopic (exact) mass is 425 g/mol. The number of rotatable bonds is 5. The van der Waals surface area contributed by atoms with E-state index in [-0.39, 0.29) is 21.9 Å². The number of aromatic amines is 1. The van der Waals surface area contributed by atoms with E-state index in [0.29, 0.717) is 11.2 Å². The number of nitrogens with one attached hydrogen (secondary N) is 3. The number of H-pyrrole nitrogens is 1. The molecule has 1 saturated carbocycles. The zero-order valence-electron chi connectivity index (χ0n) is 16.6. The van der Waals surface area contributed by atoms with Gasteiger partial charge in [0, 0.05) is 23.1 Å². The standard InChI is InChI=1S/C22H23N3O4S/c1-14-6-2-5-9-19(14)25-30(28,29)16-10-11-20-17(12-16)21(26)18(13-23-20)22(27)24-15-7-3-4-8-15/h2,5-6,9-13,15,25H,3-4,7-8H2,1H3,(H,23,26)(H,24,27). The zero-order chi connectivity index (χ0) is 21.3. The molecule has 4 rings (SSSR count). The minimum atomic E-state index is -3.90. The molecule has 30 heavy (non-hydrogen) atoms. The van der Waals surface area contributed by atoms with Gasteiger partial charge in [-0.2, -0.15) is 0 Å². The van der Waals surface area contributed by atoms with Crippen LogP contribution in [0.5, 0.6) is 0 Å². The molecule has 3 N–H and O–H groups in total. The number of fused-ring (bicyclic) bond motifs is 1. The summed E-state index contributed by atoms with van der Waals surface area (Å²) in [6.45, 7) is 1.80. The Balaban J connectivity index is 1.69. The summed E-state index contributed by atoms with van der Waals surface area (Å²) in [5, 5.41) is 3.05. The van der Waals surface area contributed by atoms with Crippen LogP contribution >= 0.6 is 0 Å². The third kappa shape index (κ3) is 3.95. The fourth-order valence-corrected chi connectivity index (χ4v) is 4.91. The van der Waals surface area contributed by atoms with Crippen LogP contribution in [0, 0.1) is 6.92 Å². The van der Waals surface area contributed by atoms with Gasteiger partial charge in [0.15, 0.2) is 0 Å². The molecule has 3 aromatic rings. The van der Waals surface area contributed by atoms with Crippen LogP contribution in [0.3, 0.4) is 0 Å². The van der Waals surface area contributed by atoms with Gasteiger partial charge in [-0.1, -0.05) is 31.0 Å². The number of aromatic nitrogens is 1. The molecule has 0 spiro atoms. The van der Waals surface area contributed by atoms with Crippen molar-refractivity contribution in [2.24, 2.45) is 0 Å². The van der Waals surface area contributed by atoms with Crippen molar-refractivity contribution >= 4 is 32.5 Å². The largest absolute Gasteiger partial charge is 0.360 e. The lowest BCUT2D eigenvalue weighted by Gasteiger charge is -2.13. The second-order valence-electron chi connectivity index (χ2n) is 7.61. The van der Waals surface area contributed by atoms with Gasteiger partial charge in [-0.25, -0.2) is 8.42 Å². The van der Waals surface area contributed by atoms with E-state index in [9.17, 15) is 18.0 Å². The number of hydrogen-bond acceptors (Lipinski definition) is 4. The van der Waals surface area contributed by atoms with Crippen molar-refractivity contribution in [3.63, 3.8) is 0 Å². The normalized spacial score (nSPS) is 14.7. The summed E-state index contributed by atoms with van der Waals surface area (Å²) in [4.78, 5) is 28.4. The van der Waals surface area contributed by atoms with E-state index in [0.717, 1.165) is 31.2 Å². The lowest BCUT2D eigenvalue weighted by Crippen LogP contribution is -2.35. The second-order valence-corrected chi connectivity index (χ2v) is 9.30. The Hall–Kier alpha value is -3.13. The van der Waals surface area contributed by atoms with E-state index in [1.54, 1.807) is 25.1 Å². The highest BCUT2D eigenvalue weighted by Gasteiger charge is 2.21. The number of benzene rings is 2. The molecule has 7 nitrogen and oxygen atoms in total. The molecule has 2 aromatic carbocycles. The van der Waals surface area contributed by atoms with E-state index in [1.807, 2.05) is 6.07 Å². The van der Waals surface area contributed by atoms with Gasteiger partial charge in [-0.3, -0.25) is 14.3 Å². The molecule has 0 aliphatic heterocycles. The first-order valence-electron chi connectivity index (χ1n) is 9.90. The number of aryl methyl sites for hydroxylation is 1. The van der Waals surface area contributed by atoms with Gasteiger partial charge < -0.3 is 10.3 Å². The van der Waals surface area contributed by atoms with Crippen LogP contribution < -0.4 is 15.5 Å². The number of hydrogen-bond donors (Lipinski definition) is 3. The molecule has 0 saturated heterocycles. The first-order valence-corrected chi connectivity index (χ1v) is 11.4. The molecule has 0 unspecified atom stereocenters. The summed E-state index contributed by atoms with van der Waals surface area (Å²) in [5.41, 5.74) is 1.21. The number of para-hydroxylation sites is 1. The molecule has 1 aliphatic rings. The number of pyridine rings is 1. The highest BCUT2D eigenvalue weighted by atomic mass is 32.2. The van der Waals surface area contributed by atoms with Gasteiger partial charge >= 0.3 is 0 Å². The van der Waals surface area contributed by atoms with Crippen molar-refractivity contribution in [3.8, 4) is 0 Å². The molecule has 1 fully saturated rings. The minimum Gasteiger partial charge on any atom is -0.360 e. The summed E-state index contributed by atoms with van der Waals surface area (Å²) in [6.07, 6.45) is 5.32. The maximum Gasteiger partial charge on any atom is 0.261 e. The van der Waals surface area contributed by atoms with Gasteiger partial charge in [0.05, 0.1) is 10.6 Å². The summed E-state index contributed by atoms with van der Waals surface area (Å²) < 4.78 is 28.3. The van der Waals surface area contributed by atoms with Gasteiger partial charge in [-0.05, 0) is 49.6 Å². The van der Waals surface area contributed by atoms with Crippen molar-refractivity contribution in [1.29, 1.82) is 0 Å². The molecule has 8 heteroatoms. The van der Waals surface area contributed by atoms with Gasteiger partial charge in [0.25, 0.3) is 15.9 Å². The van der Waals surface area contributed by atoms with Gasteiger partial charge in [0.1, 0.15) is 5.56 Å². The van der Waals surface area contributed by atoms with Crippen LogP contribution in [-0.4, -0.2) is 25.4 Å². The van der Waals surface area contributed by atoms with Crippen LogP contribution in [0.4, 0.5) is 5.69 Å². The molecule has 1 heterocycles. The van der Waals surface area contributed by atoms with Crippen molar-refractivity contribution in [2.45, 2.75) is 43.5 Å². The fourth-order valence-electron chi connectivity index (χ4n) is 3.76. The maximum atomic E-state index is 12.9. The van der Waals surface area contributed by atoms with E-state index in [4.69, 9.17) is 0 Å². The predicted octanol–water partition coefficient (Wildman–Crippen LogP) is 3.31. The third-order valence-corrected chi connectivity index (χ3v) is 6.85. The van der Waals surface area contributed by atoms with E-state index in [1.165, 1.54) is 24.4 Å². The maximum absolute atomic E-state index is 12.9. The lowest BCUT2D eigenvalue weighted by molar-refractivity contribution is 0.0936. The Labute approximate surface area is 174 Å². The van der Waals surface area contributed by atoms with E-state index >= 15 is 0 Å². The van der Waals surface area contributed by atoms with Crippen LogP contribution in [0.25, 0.3) is 10.9 Å². The molecule has 1 aliphatic carbocycles. The predicted molar refractivity (Wildman–Crippen MR) is 116 cm³/mol. The highest BCUT2D eigenvalue weighted by Crippen LogP contribution is 2.22. The Morgan fingerprint density at radius 1 is 1.10 bits per heavy atom. The molecule has 0 bridgehead atoms. The molecule has 156 valence electrons. The van der Waals surface area contributed by atoms with Crippen LogP contribution in [0.15, 0.2) is 58.4 Å². The van der Waals surface area contributed by atoms with E-state index < -0.39 is 21.4 Å². The average molecular weight is 426 g/mol. The van der Waals surface area contributed by atoms with Gasteiger partial charge in [-0.15, -0.1) is 0 Å². The quantitative estimate of drug-likeness (QED) is 0.583. The first-order chi connectivity index (χ1) is 14.3. The lowest BCUT2D eigenvalue weighted by atomic mass is 10.1. The molecule has 0 atom stereocenters. The van der Waals surface area contributed by atoms with Gasteiger partial charge in [0.2, 0.25) is 5.43 Å². The topological polar surface area (TPSA) is 108 Å². The van der Waals surface area contributed by atoms with E-state index in [2.05, 4.69) is 15.0 Å². The first kappa shape index (κ1) is 20.2. The smallest absolute Gasteiger partial charge is 0.261 e. The highest BCUT2D eigenvalue weighted by molar-refractivity contribution is 7.92. The number of amides is 1. The Kier molecular flexibility index (Phi) is 5.34. The Bertz CT molecular complexity index is 1280. The number of sulfonamides is 1. The van der Waals surface area contributed by atoms with Crippen molar-refractivity contribution in [3.05, 3.63) is 70.0 Å². The summed E-state index contributed by atoms with van der Waals surface area (Å²) in [7, 11) is -3.90. The Morgan fingerprint density at radius 2 is 1.83 bits per heavy atom. The minimum absolute atomic E-state index is 0.0178. The van der Waals surface area contributed by atoms with Crippen molar-refractivity contribution < 1.29 is 13.2 Å². The third-order valence-electron chi connectivity index (χ3n) is 5.49. The fraction of sp³-hybridized carbons (Fsp3) is 0.273. The molecular weight excluding hydrogens is 402 g/mol. The molecule has 1 amide bonds. The summed E-state index contributed by atoms with van der Waals surface area (Å²) in [5.74, 6) is -0.434. The summed E-state index contributed by atoms with van der Waals surface area (Å²) >= 11 is 0. The van der Waals surface area contributed by atoms with Crippen LogP contribution in [0.2, 0.25) is 0 Å². The summed E-state index contributed by atoms with van der Waals surface area (Å²) in [6, 6.07) is 11.4.